The molecule has 0 aromatic heterocycles. The number of aromatic hydroxyl groups is 1. The van der Waals surface area contributed by atoms with Gasteiger partial charge in [-0.05, 0) is 86.5 Å². The molecule has 11 heteroatoms. The summed E-state index contributed by atoms with van der Waals surface area (Å²) in [5.41, 5.74) is 2.55. The molecule has 3 aliphatic rings. The first-order valence-electron chi connectivity index (χ1n) is 15.3. The smallest absolute Gasteiger partial charge is 0.231 e. The second-order valence-electron chi connectivity index (χ2n) is 11.3. The highest BCUT2D eigenvalue weighted by Gasteiger charge is 2.52. The van der Waals surface area contributed by atoms with Crippen LogP contribution < -0.4 is 29.6 Å². The number of methoxy groups -OCH3 is 2. The third-order valence-corrected chi connectivity index (χ3v) is 9.00. The summed E-state index contributed by atoms with van der Waals surface area (Å²) in [4.78, 5) is 15.7. The molecular weight excluding hydrogens is 554 g/mol. The summed E-state index contributed by atoms with van der Waals surface area (Å²) in [6, 6.07) is 6.98. The van der Waals surface area contributed by atoms with Crippen LogP contribution in [0.2, 0.25) is 0 Å². The minimum atomic E-state index is -1.06. The first kappa shape index (κ1) is 31.2. The van der Waals surface area contributed by atoms with Gasteiger partial charge in [0.1, 0.15) is 0 Å². The molecule has 2 heterocycles. The molecule has 0 spiro atoms. The van der Waals surface area contributed by atoms with Crippen LogP contribution in [-0.2, 0) is 9.53 Å². The van der Waals surface area contributed by atoms with Crippen molar-refractivity contribution in [3.05, 3.63) is 41.0 Å². The SMILES string of the molecule is CCN(CC)CCCNCCCC(=O)N[C@@H]1c2cc3c(cc2[C@@H](c2cc(OC)c(O)c(OC)c2)[C@H]2C(O)OC[C@@H]21)OCO3. The number of benzene rings is 2. The molecule has 0 bridgehead atoms. The number of phenols is 1. The number of amides is 1. The van der Waals surface area contributed by atoms with E-state index in [1.807, 2.05) is 12.1 Å². The molecular formula is C32H45N3O8. The van der Waals surface area contributed by atoms with Gasteiger partial charge < -0.3 is 49.4 Å². The van der Waals surface area contributed by atoms with Crippen LogP contribution in [0.1, 0.15) is 61.8 Å². The van der Waals surface area contributed by atoms with Gasteiger partial charge in [-0.25, -0.2) is 0 Å². The summed E-state index contributed by atoms with van der Waals surface area (Å²) in [7, 11) is 2.96. The van der Waals surface area contributed by atoms with E-state index in [0.717, 1.165) is 62.3 Å². The molecule has 1 fully saturated rings. The summed E-state index contributed by atoms with van der Waals surface area (Å²) < 4.78 is 28.2. The van der Waals surface area contributed by atoms with Gasteiger partial charge in [0.2, 0.25) is 18.4 Å². The van der Waals surface area contributed by atoms with Gasteiger partial charge in [-0.2, -0.15) is 0 Å². The van der Waals surface area contributed by atoms with Crippen LogP contribution in [0, 0.1) is 11.8 Å². The number of nitrogens with one attached hydrogen (secondary N) is 2. The number of hydrogen-bond acceptors (Lipinski definition) is 10. The lowest BCUT2D eigenvalue weighted by Crippen LogP contribution is -2.43. The molecule has 1 aliphatic carbocycles. The number of fused-ring (bicyclic) bond motifs is 3. The number of ether oxygens (including phenoxy) is 5. The summed E-state index contributed by atoms with van der Waals surface area (Å²) in [5, 5.41) is 28.4. The fourth-order valence-electron chi connectivity index (χ4n) is 6.72. The van der Waals surface area contributed by atoms with Crippen molar-refractivity contribution in [3.63, 3.8) is 0 Å². The van der Waals surface area contributed by atoms with E-state index < -0.39 is 12.3 Å². The number of carbonyl (C=O) groups is 1. The summed E-state index contributed by atoms with van der Waals surface area (Å²) in [6.07, 6.45) is 1.13. The van der Waals surface area contributed by atoms with E-state index in [4.69, 9.17) is 23.7 Å². The zero-order valence-corrected chi connectivity index (χ0v) is 25.6. The Morgan fingerprint density at radius 2 is 1.65 bits per heavy atom. The van der Waals surface area contributed by atoms with E-state index in [0.29, 0.717) is 17.9 Å². The summed E-state index contributed by atoms with van der Waals surface area (Å²) >= 11 is 0. The number of hydrogen-bond donors (Lipinski definition) is 4. The number of rotatable bonds is 14. The molecule has 2 aromatic rings. The average Bonchev–Trinajstić information content (AvgIpc) is 3.64. The van der Waals surface area contributed by atoms with Crippen molar-refractivity contribution in [2.45, 2.75) is 51.4 Å². The van der Waals surface area contributed by atoms with Crippen LogP contribution in [0.4, 0.5) is 0 Å². The molecule has 43 heavy (non-hydrogen) atoms. The number of phenolic OH excluding ortho intramolecular Hbond substituents is 1. The fourth-order valence-corrected chi connectivity index (χ4v) is 6.72. The maximum atomic E-state index is 13.3. The van der Waals surface area contributed by atoms with Gasteiger partial charge in [-0.1, -0.05) is 13.8 Å². The molecule has 2 aromatic carbocycles. The third kappa shape index (κ3) is 6.50. The van der Waals surface area contributed by atoms with Crippen LogP contribution in [0.5, 0.6) is 28.7 Å². The Morgan fingerprint density at radius 3 is 2.30 bits per heavy atom. The third-order valence-electron chi connectivity index (χ3n) is 9.00. The average molecular weight is 600 g/mol. The van der Waals surface area contributed by atoms with Gasteiger partial charge in [0.05, 0.1) is 26.9 Å². The molecule has 5 atom stereocenters. The first-order chi connectivity index (χ1) is 20.9. The van der Waals surface area contributed by atoms with Crippen LogP contribution in [0.3, 0.4) is 0 Å². The fraction of sp³-hybridized carbons (Fsp3) is 0.594. The molecule has 0 saturated carbocycles. The van der Waals surface area contributed by atoms with Crippen molar-refractivity contribution < 1.29 is 38.7 Å². The normalized spacial score (nSPS) is 23.6. The van der Waals surface area contributed by atoms with Gasteiger partial charge in [0, 0.05) is 24.2 Å². The van der Waals surface area contributed by atoms with Crippen LogP contribution in [-0.4, -0.2) is 87.7 Å². The molecule has 4 N–H and O–H groups in total. The Labute approximate surface area is 253 Å². The van der Waals surface area contributed by atoms with Gasteiger partial charge in [0.25, 0.3) is 0 Å². The van der Waals surface area contributed by atoms with E-state index >= 15 is 0 Å². The molecule has 1 saturated heterocycles. The number of nitrogens with zero attached hydrogens (tertiary/aromatic N) is 1. The molecule has 2 aliphatic heterocycles. The molecule has 1 unspecified atom stereocenters. The second kappa shape index (κ2) is 14.0. The minimum absolute atomic E-state index is 0.0508. The molecule has 1 amide bonds. The Morgan fingerprint density at radius 1 is 1.00 bits per heavy atom. The Balaban J connectivity index is 1.36. The van der Waals surface area contributed by atoms with Crippen molar-refractivity contribution in [2.24, 2.45) is 11.8 Å². The highest BCUT2D eigenvalue weighted by Crippen LogP contribution is 2.56. The van der Waals surface area contributed by atoms with Crippen molar-refractivity contribution in [1.82, 2.24) is 15.5 Å². The van der Waals surface area contributed by atoms with Gasteiger partial charge in [0.15, 0.2) is 29.3 Å². The quantitative estimate of drug-likeness (QED) is 0.240. The molecule has 0 radical (unpaired) electrons. The van der Waals surface area contributed by atoms with E-state index in [2.05, 4.69) is 29.4 Å². The summed E-state index contributed by atoms with van der Waals surface area (Å²) in [5.74, 6) is 0.644. The van der Waals surface area contributed by atoms with Crippen LogP contribution in [0.15, 0.2) is 24.3 Å². The van der Waals surface area contributed by atoms with Crippen molar-refractivity contribution >= 4 is 5.91 Å². The van der Waals surface area contributed by atoms with Gasteiger partial charge in [-0.15, -0.1) is 0 Å². The molecule has 5 rings (SSSR count). The zero-order chi connectivity index (χ0) is 30.5. The molecule has 236 valence electrons. The van der Waals surface area contributed by atoms with E-state index in [1.165, 1.54) is 14.2 Å². The number of aliphatic hydroxyl groups excluding tert-OH is 1. The largest absolute Gasteiger partial charge is 0.502 e. The van der Waals surface area contributed by atoms with E-state index in [1.54, 1.807) is 12.1 Å². The Bertz CT molecular complexity index is 1240. The first-order valence-corrected chi connectivity index (χ1v) is 15.3. The Kier molecular flexibility index (Phi) is 10.2. The van der Waals surface area contributed by atoms with E-state index in [9.17, 15) is 15.0 Å². The lowest BCUT2D eigenvalue weighted by Gasteiger charge is -2.41. The van der Waals surface area contributed by atoms with Crippen LogP contribution in [0.25, 0.3) is 0 Å². The van der Waals surface area contributed by atoms with Crippen molar-refractivity contribution in [1.29, 1.82) is 0 Å². The summed E-state index contributed by atoms with van der Waals surface area (Å²) in [6.45, 7) is 9.63. The monoisotopic (exact) mass is 599 g/mol. The number of aliphatic hydroxyl groups is 1. The van der Waals surface area contributed by atoms with Crippen molar-refractivity contribution in [2.75, 3.05) is 60.3 Å². The maximum Gasteiger partial charge on any atom is 0.231 e. The van der Waals surface area contributed by atoms with E-state index in [-0.39, 0.29) is 54.3 Å². The lowest BCUT2D eigenvalue weighted by atomic mass is 9.65. The highest BCUT2D eigenvalue weighted by atomic mass is 16.7. The topological polar surface area (TPSA) is 131 Å². The molecule has 11 nitrogen and oxygen atoms in total. The van der Waals surface area contributed by atoms with Gasteiger partial charge in [-0.3, -0.25) is 4.79 Å². The predicted octanol–water partition coefficient (Wildman–Crippen LogP) is 3.12. The highest BCUT2D eigenvalue weighted by molar-refractivity contribution is 5.77. The minimum Gasteiger partial charge on any atom is -0.502 e. The predicted molar refractivity (Wildman–Crippen MR) is 160 cm³/mol. The van der Waals surface area contributed by atoms with Crippen molar-refractivity contribution in [3.8, 4) is 28.7 Å². The Hall–Kier alpha value is -3.25. The zero-order valence-electron chi connectivity index (χ0n) is 25.6. The lowest BCUT2D eigenvalue weighted by molar-refractivity contribution is -0.122. The standard InChI is InChI=1S/C32H45N3O8/c1-5-35(6-2)12-8-11-33-10-7-9-27(36)34-30-21-16-24-23(42-18-43-24)15-20(21)28(29-22(30)17-41-32(29)38)19-13-25(39-3)31(37)26(14-19)40-4/h13-16,22,28-30,32-33,37-38H,5-12,17-18H2,1-4H3,(H,34,36)/t22-,28+,29-,30+,32?/m0/s1. The second-order valence-corrected chi connectivity index (χ2v) is 11.3. The van der Waals surface area contributed by atoms with Gasteiger partial charge >= 0.3 is 0 Å². The number of carbonyl (C=O) groups excluding carboxylic acids is 1. The van der Waals surface area contributed by atoms with Crippen LogP contribution >= 0.6 is 0 Å². The maximum absolute atomic E-state index is 13.3.